The van der Waals surface area contributed by atoms with Crippen LogP contribution in [0.25, 0.3) is 0 Å². The topological polar surface area (TPSA) is 67.0 Å². The van der Waals surface area contributed by atoms with E-state index in [1.807, 2.05) is 18.2 Å². The summed E-state index contributed by atoms with van der Waals surface area (Å²) >= 11 is 0. The van der Waals surface area contributed by atoms with Gasteiger partial charge in [0.25, 0.3) is 5.91 Å². The molecule has 0 spiro atoms. The molecule has 30 heavy (non-hydrogen) atoms. The Kier molecular flexibility index (Phi) is 5.10. The zero-order valence-corrected chi connectivity index (χ0v) is 17.9. The van der Waals surface area contributed by atoms with Crippen LogP contribution in [-0.4, -0.2) is 43.3 Å². The van der Waals surface area contributed by atoms with E-state index in [0.717, 1.165) is 65.5 Å². The molecular formula is C24H32N3O3+. The van der Waals surface area contributed by atoms with Crippen molar-refractivity contribution in [3.63, 3.8) is 0 Å². The van der Waals surface area contributed by atoms with Crippen LogP contribution in [0.1, 0.15) is 50.5 Å². The van der Waals surface area contributed by atoms with Crippen molar-refractivity contribution < 1.29 is 19.2 Å². The Morgan fingerprint density at radius 3 is 2.50 bits per heavy atom. The Morgan fingerprint density at radius 2 is 1.83 bits per heavy atom. The summed E-state index contributed by atoms with van der Waals surface area (Å²) in [5.74, 6) is 4.14. The van der Waals surface area contributed by atoms with E-state index < -0.39 is 0 Å². The highest BCUT2D eigenvalue weighted by Crippen LogP contribution is 2.57. The van der Waals surface area contributed by atoms with Gasteiger partial charge in [-0.1, -0.05) is 0 Å². The molecule has 4 aliphatic carbocycles. The summed E-state index contributed by atoms with van der Waals surface area (Å²) in [5, 5.41) is 9.22. The number of hydrogen-bond donors (Lipinski definition) is 1. The van der Waals surface area contributed by atoms with Gasteiger partial charge in [-0.2, -0.15) is 5.26 Å². The van der Waals surface area contributed by atoms with Crippen LogP contribution in [0.2, 0.25) is 0 Å². The largest absolute Gasteiger partial charge is 0.454 e. The fourth-order valence-electron chi connectivity index (χ4n) is 7.00. The Morgan fingerprint density at radius 1 is 1.17 bits per heavy atom. The smallest absolute Gasteiger partial charge is 0.278 e. The molecule has 0 radical (unpaired) electrons. The second kappa shape index (κ2) is 7.77. The first-order chi connectivity index (χ1) is 14.5. The lowest BCUT2D eigenvalue weighted by molar-refractivity contribution is -0.885. The van der Waals surface area contributed by atoms with Crippen molar-refractivity contribution in [2.24, 2.45) is 17.8 Å². The molecule has 1 aromatic rings. The van der Waals surface area contributed by atoms with E-state index in [4.69, 9.17) is 9.47 Å². The van der Waals surface area contributed by atoms with Crippen molar-refractivity contribution in [3.8, 4) is 17.6 Å². The summed E-state index contributed by atoms with van der Waals surface area (Å²) < 4.78 is 10.9. The maximum absolute atomic E-state index is 13.5. The minimum absolute atomic E-state index is 0.0156. The molecule has 6 rings (SSSR count). The van der Waals surface area contributed by atoms with Crippen LogP contribution in [-0.2, 0) is 11.3 Å². The molecule has 1 amide bonds. The molecular weight excluding hydrogens is 378 g/mol. The minimum atomic E-state index is 0.0156. The lowest BCUT2D eigenvalue weighted by Crippen LogP contribution is -3.09. The van der Waals surface area contributed by atoms with Gasteiger partial charge in [-0.15, -0.1) is 0 Å². The molecule has 160 valence electrons. The third-order valence-electron chi connectivity index (χ3n) is 7.72. The molecule has 1 heterocycles. The van der Waals surface area contributed by atoms with Gasteiger partial charge in [0, 0.05) is 17.6 Å². The van der Waals surface area contributed by atoms with Crippen LogP contribution >= 0.6 is 0 Å². The Bertz CT molecular complexity index is 826. The summed E-state index contributed by atoms with van der Waals surface area (Å²) in [4.78, 5) is 16.8. The molecule has 6 nitrogen and oxygen atoms in total. The number of quaternary nitrogens is 1. The molecule has 0 aromatic heterocycles. The van der Waals surface area contributed by atoms with Crippen LogP contribution < -0.4 is 14.4 Å². The molecule has 1 N–H and O–H groups in total. The van der Waals surface area contributed by atoms with Gasteiger partial charge in [0.1, 0.15) is 6.54 Å². The van der Waals surface area contributed by atoms with E-state index >= 15 is 0 Å². The predicted octanol–water partition coefficient (Wildman–Crippen LogP) is 2.14. The van der Waals surface area contributed by atoms with Gasteiger partial charge in [-0.05, 0) is 74.5 Å². The number of fused-ring (bicyclic) bond motifs is 1. The number of nitrogens with zero attached hydrogens (tertiary/aromatic N) is 2. The fourth-order valence-corrected chi connectivity index (χ4v) is 7.00. The molecule has 1 unspecified atom stereocenters. The van der Waals surface area contributed by atoms with Crippen LogP contribution in [0, 0.1) is 29.1 Å². The summed E-state index contributed by atoms with van der Waals surface area (Å²) in [6, 6.07) is 8.29. The van der Waals surface area contributed by atoms with Gasteiger partial charge in [-0.25, -0.2) is 0 Å². The highest BCUT2D eigenvalue weighted by Gasteiger charge is 2.54. The maximum Gasteiger partial charge on any atom is 0.278 e. The first kappa shape index (κ1) is 19.7. The van der Waals surface area contributed by atoms with E-state index in [-0.39, 0.29) is 18.2 Å². The van der Waals surface area contributed by atoms with Crippen LogP contribution in [0.4, 0.5) is 0 Å². The highest BCUT2D eigenvalue weighted by atomic mass is 16.7. The number of hydrogen-bond acceptors (Lipinski definition) is 4. The SMILES string of the molecule is C[NH+](CC(=O)N(CCC#N)C12CC3CC(CC(C3)C1)C2)Cc1ccc2c(c1)OCO2. The van der Waals surface area contributed by atoms with E-state index in [1.165, 1.54) is 19.3 Å². The van der Waals surface area contributed by atoms with Crippen LogP contribution in [0.3, 0.4) is 0 Å². The monoisotopic (exact) mass is 410 g/mol. The van der Waals surface area contributed by atoms with Gasteiger partial charge < -0.3 is 19.3 Å². The lowest BCUT2D eigenvalue weighted by Gasteiger charge is -2.60. The third kappa shape index (κ3) is 3.65. The lowest BCUT2D eigenvalue weighted by atomic mass is 9.52. The van der Waals surface area contributed by atoms with Gasteiger partial charge >= 0.3 is 0 Å². The van der Waals surface area contributed by atoms with Crippen molar-refractivity contribution in [3.05, 3.63) is 23.8 Å². The zero-order valence-electron chi connectivity index (χ0n) is 17.9. The Hall–Kier alpha value is -2.26. The van der Waals surface area contributed by atoms with Crippen molar-refractivity contribution in [1.29, 1.82) is 5.26 Å². The molecule has 1 aromatic carbocycles. The average Bonchev–Trinajstić information content (AvgIpc) is 3.14. The highest BCUT2D eigenvalue weighted by molar-refractivity contribution is 5.78. The quantitative estimate of drug-likeness (QED) is 0.748. The number of nitrogens with one attached hydrogen (secondary N) is 1. The molecule has 1 atom stereocenters. The first-order valence-electron chi connectivity index (χ1n) is 11.4. The van der Waals surface area contributed by atoms with E-state index in [2.05, 4.69) is 18.0 Å². The fraction of sp³-hybridized carbons (Fsp3) is 0.667. The van der Waals surface area contributed by atoms with Crippen molar-refractivity contribution in [2.45, 2.75) is 57.0 Å². The average molecular weight is 411 g/mol. The number of nitriles is 1. The van der Waals surface area contributed by atoms with E-state index in [0.29, 0.717) is 19.5 Å². The molecule has 0 saturated heterocycles. The summed E-state index contributed by atoms with van der Waals surface area (Å²) in [6.07, 6.45) is 7.94. The normalized spacial score (nSPS) is 31.4. The maximum atomic E-state index is 13.5. The van der Waals surface area contributed by atoms with Gasteiger partial charge in [0.2, 0.25) is 6.79 Å². The molecule has 4 saturated carbocycles. The van der Waals surface area contributed by atoms with E-state index in [1.54, 1.807) is 0 Å². The van der Waals surface area contributed by atoms with Crippen LogP contribution in [0.5, 0.6) is 11.5 Å². The summed E-state index contributed by atoms with van der Waals surface area (Å²) in [7, 11) is 2.07. The summed E-state index contributed by atoms with van der Waals surface area (Å²) in [6.45, 7) is 2.08. The van der Waals surface area contributed by atoms with Gasteiger partial charge in [-0.3, -0.25) is 4.79 Å². The zero-order chi connectivity index (χ0) is 20.7. The number of ether oxygens (including phenoxy) is 2. The Balaban J connectivity index is 1.28. The minimum Gasteiger partial charge on any atom is -0.454 e. The van der Waals surface area contributed by atoms with Crippen LogP contribution in [0.15, 0.2) is 18.2 Å². The second-order valence-electron chi connectivity index (χ2n) is 10.1. The number of amides is 1. The van der Waals surface area contributed by atoms with Gasteiger partial charge in [0.05, 0.1) is 19.5 Å². The van der Waals surface area contributed by atoms with Crippen molar-refractivity contribution >= 4 is 5.91 Å². The number of benzene rings is 1. The molecule has 1 aliphatic heterocycles. The van der Waals surface area contributed by atoms with Crippen molar-refractivity contribution in [1.82, 2.24) is 4.90 Å². The number of rotatable bonds is 7. The Labute approximate surface area is 178 Å². The van der Waals surface area contributed by atoms with Gasteiger partial charge in [0.15, 0.2) is 18.0 Å². The molecule has 6 heteroatoms. The number of carbonyl (C=O) groups excluding carboxylic acids is 1. The third-order valence-corrected chi connectivity index (χ3v) is 7.72. The first-order valence-corrected chi connectivity index (χ1v) is 11.4. The van der Waals surface area contributed by atoms with E-state index in [9.17, 15) is 10.1 Å². The standard InChI is InChI=1S/C24H31N3O3/c1-26(14-17-3-4-21-22(10-17)30-16-29-21)15-23(28)27(6-2-5-25)24-11-18-7-19(12-24)9-20(8-18)13-24/h3-4,10,18-20H,2,6-9,11-16H2,1H3/p+1. The molecule has 5 aliphatic rings. The molecule has 4 bridgehead atoms. The predicted molar refractivity (Wildman–Crippen MR) is 111 cm³/mol. The summed E-state index contributed by atoms with van der Waals surface area (Å²) in [5.41, 5.74) is 1.16. The number of carbonyl (C=O) groups is 1. The second-order valence-corrected chi connectivity index (χ2v) is 10.1. The number of likely N-dealkylation sites (N-methyl/N-ethyl adjacent to an activating group) is 1. The van der Waals surface area contributed by atoms with Crippen molar-refractivity contribution in [2.75, 3.05) is 26.9 Å². The molecule has 4 fully saturated rings.